The quantitative estimate of drug-likeness (QED) is 0.774. The van der Waals surface area contributed by atoms with Crippen molar-refractivity contribution in [1.82, 2.24) is 4.72 Å². The van der Waals surface area contributed by atoms with E-state index in [9.17, 15) is 17.6 Å². The number of methoxy groups -OCH3 is 1. The molecule has 0 aliphatic carbocycles. The van der Waals surface area contributed by atoms with Gasteiger partial charge in [0.15, 0.2) is 0 Å². The standard InChI is InChI=1S/C18H21FN2O4S/c1-12(2)21-26(23,24)15-8-9-17(25-3)16(11-15)20-18(22)10-13-4-6-14(19)7-5-13/h4-9,11-12,21H,10H2,1-3H3,(H,20,22). The first-order chi connectivity index (χ1) is 12.2. The van der Waals surface area contributed by atoms with Crippen molar-refractivity contribution in [2.75, 3.05) is 12.4 Å². The fraction of sp³-hybridized carbons (Fsp3) is 0.278. The van der Waals surface area contributed by atoms with E-state index >= 15 is 0 Å². The molecular weight excluding hydrogens is 359 g/mol. The van der Waals surface area contributed by atoms with Crippen LogP contribution in [0.5, 0.6) is 5.75 Å². The Kier molecular flexibility index (Phi) is 6.33. The highest BCUT2D eigenvalue weighted by molar-refractivity contribution is 7.89. The molecule has 26 heavy (non-hydrogen) atoms. The summed E-state index contributed by atoms with van der Waals surface area (Å²) in [4.78, 5) is 12.3. The molecule has 0 fully saturated rings. The number of amides is 1. The lowest BCUT2D eigenvalue weighted by molar-refractivity contribution is -0.115. The van der Waals surface area contributed by atoms with Gasteiger partial charge in [-0.3, -0.25) is 4.79 Å². The van der Waals surface area contributed by atoms with Gasteiger partial charge in [-0.1, -0.05) is 12.1 Å². The van der Waals surface area contributed by atoms with Gasteiger partial charge in [0, 0.05) is 6.04 Å². The van der Waals surface area contributed by atoms with Gasteiger partial charge in [0.05, 0.1) is 24.1 Å². The van der Waals surface area contributed by atoms with Gasteiger partial charge in [-0.2, -0.15) is 0 Å². The van der Waals surface area contributed by atoms with Gasteiger partial charge in [-0.15, -0.1) is 0 Å². The average molecular weight is 380 g/mol. The second kappa shape index (κ2) is 8.29. The van der Waals surface area contributed by atoms with Crippen LogP contribution in [0.3, 0.4) is 0 Å². The van der Waals surface area contributed by atoms with Crippen molar-refractivity contribution in [3.8, 4) is 5.75 Å². The number of sulfonamides is 1. The highest BCUT2D eigenvalue weighted by Gasteiger charge is 2.18. The molecule has 0 saturated heterocycles. The average Bonchev–Trinajstić information content (AvgIpc) is 2.55. The summed E-state index contributed by atoms with van der Waals surface area (Å²) in [5.41, 5.74) is 0.874. The predicted molar refractivity (Wildman–Crippen MR) is 97.2 cm³/mol. The molecule has 0 aromatic heterocycles. The Bertz CT molecular complexity index is 881. The van der Waals surface area contributed by atoms with Gasteiger partial charge in [0.25, 0.3) is 0 Å². The van der Waals surface area contributed by atoms with Crippen LogP contribution in [0.4, 0.5) is 10.1 Å². The smallest absolute Gasteiger partial charge is 0.240 e. The molecule has 0 saturated carbocycles. The Labute approximate surface area is 152 Å². The van der Waals surface area contributed by atoms with E-state index in [-0.39, 0.29) is 34.8 Å². The van der Waals surface area contributed by atoms with Crippen LogP contribution >= 0.6 is 0 Å². The van der Waals surface area contributed by atoms with Gasteiger partial charge in [-0.05, 0) is 49.7 Å². The molecule has 2 aromatic rings. The Morgan fingerprint density at radius 3 is 2.38 bits per heavy atom. The van der Waals surface area contributed by atoms with Crippen LogP contribution in [0.2, 0.25) is 0 Å². The van der Waals surface area contributed by atoms with Crippen molar-refractivity contribution in [1.29, 1.82) is 0 Å². The predicted octanol–water partition coefficient (Wildman–Crippen LogP) is 2.70. The first kappa shape index (κ1) is 19.9. The molecule has 2 N–H and O–H groups in total. The van der Waals surface area contributed by atoms with E-state index in [0.29, 0.717) is 11.3 Å². The molecule has 0 aliphatic rings. The Morgan fingerprint density at radius 1 is 1.15 bits per heavy atom. The van der Waals surface area contributed by atoms with E-state index in [1.807, 2.05) is 0 Å². The summed E-state index contributed by atoms with van der Waals surface area (Å²) in [6.45, 7) is 3.43. The summed E-state index contributed by atoms with van der Waals surface area (Å²) < 4.78 is 45.2. The number of rotatable bonds is 7. The first-order valence-electron chi connectivity index (χ1n) is 7.96. The summed E-state index contributed by atoms with van der Waals surface area (Å²) >= 11 is 0. The second-order valence-electron chi connectivity index (χ2n) is 5.99. The van der Waals surface area contributed by atoms with Crippen molar-refractivity contribution in [2.45, 2.75) is 31.2 Å². The van der Waals surface area contributed by atoms with Gasteiger partial charge >= 0.3 is 0 Å². The van der Waals surface area contributed by atoms with E-state index < -0.39 is 10.0 Å². The normalized spacial score (nSPS) is 11.4. The number of hydrogen-bond donors (Lipinski definition) is 2. The molecule has 2 rings (SSSR count). The molecule has 0 heterocycles. The van der Waals surface area contributed by atoms with E-state index in [2.05, 4.69) is 10.0 Å². The summed E-state index contributed by atoms with van der Waals surface area (Å²) in [5.74, 6) is -0.423. The number of carbonyl (C=O) groups excluding carboxylic acids is 1. The highest BCUT2D eigenvalue weighted by atomic mass is 32.2. The van der Waals surface area contributed by atoms with Crippen LogP contribution in [-0.2, 0) is 21.2 Å². The van der Waals surface area contributed by atoms with Crippen molar-refractivity contribution in [3.05, 3.63) is 53.8 Å². The van der Waals surface area contributed by atoms with E-state index in [4.69, 9.17) is 4.74 Å². The van der Waals surface area contributed by atoms with Crippen LogP contribution in [0.1, 0.15) is 19.4 Å². The topological polar surface area (TPSA) is 84.5 Å². The molecule has 0 aliphatic heterocycles. The molecule has 0 atom stereocenters. The number of ether oxygens (including phenoxy) is 1. The highest BCUT2D eigenvalue weighted by Crippen LogP contribution is 2.27. The maximum atomic E-state index is 12.9. The molecule has 140 valence electrons. The molecule has 0 spiro atoms. The second-order valence-corrected chi connectivity index (χ2v) is 7.70. The van der Waals surface area contributed by atoms with Gasteiger partial charge in [0.2, 0.25) is 15.9 Å². The third kappa shape index (κ3) is 5.27. The fourth-order valence-corrected chi connectivity index (χ4v) is 3.59. The monoisotopic (exact) mass is 380 g/mol. The molecule has 0 radical (unpaired) electrons. The van der Waals surface area contributed by atoms with Crippen molar-refractivity contribution < 1.29 is 22.3 Å². The minimum atomic E-state index is -3.70. The van der Waals surface area contributed by atoms with E-state index in [1.165, 1.54) is 49.6 Å². The van der Waals surface area contributed by atoms with E-state index in [1.54, 1.807) is 13.8 Å². The summed E-state index contributed by atoms with van der Waals surface area (Å²) in [5, 5.41) is 2.64. The molecular formula is C18H21FN2O4S. The lowest BCUT2D eigenvalue weighted by atomic mass is 10.1. The third-order valence-electron chi connectivity index (χ3n) is 3.42. The zero-order chi connectivity index (χ0) is 19.3. The fourth-order valence-electron chi connectivity index (χ4n) is 2.31. The van der Waals surface area contributed by atoms with Crippen LogP contribution in [0.15, 0.2) is 47.4 Å². The number of anilines is 1. The lowest BCUT2D eigenvalue weighted by Crippen LogP contribution is -2.30. The number of benzene rings is 2. The molecule has 0 bridgehead atoms. The minimum Gasteiger partial charge on any atom is -0.495 e. The first-order valence-corrected chi connectivity index (χ1v) is 9.44. The van der Waals surface area contributed by atoms with Crippen molar-refractivity contribution >= 4 is 21.6 Å². The molecule has 0 unspecified atom stereocenters. The van der Waals surface area contributed by atoms with Gasteiger partial charge in [0.1, 0.15) is 11.6 Å². The number of carbonyl (C=O) groups is 1. The zero-order valence-corrected chi connectivity index (χ0v) is 15.6. The minimum absolute atomic E-state index is 0.0177. The van der Waals surface area contributed by atoms with Crippen molar-refractivity contribution in [2.24, 2.45) is 0 Å². The van der Waals surface area contributed by atoms with Crippen LogP contribution in [0, 0.1) is 5.82 Å². The molecule has 6 nitrogen and oxygen atoms in total. The maximum absolute atomic E-state index is 12.9. The Morgan fingerprint density at radius 2 is 1.81 bits per heavy atom. The number of halogens is 1. The lowest BCUT2D eigenvalue weighted by Gasteiger charge is -2.14. The molecule has 1 amide bonds. The SMILES string of the molecule is COc1ccc(S(=O)(=O)NC(C)C)cc1NC(=O)Cc1ccc(F)cc1. The van der Waals surface area contributed by atoms with E-state index in [0.717, 1.165) is 0 Å². The number of hydrogen-bond acceptors (Lipinski definition) is 4. The van der Waals surface area contributed by atoms with Gasteiger partial charge in [-0.25, -0.2) is 17.5 Å². The maximum Gasteiger partial charge on any atom is 0.240 e. The van der Waals surface area contributed by atoms with Gasteiger partial charge < -0.3 is 10.1 Å². The Balaban J connectivity index is 2.22. The zero-order valence-electron chi connectivity index (χ0n) is 14.7. The summed E-state index contributed by atoms with van der Waals surface area (Å²) in [6.07, 6.45) is 0.0185. The van der Waals surface area contributed by atoms with Crippen molar-refractivity contribution in [3.63, 3.8) is 0 Å². The van der Waals surface area contributed by atoms with Crippen LogP contribution in [0.25, 0.3) is 0 Å². The number of nitrogens with one attached hydrogen (secondary N) is 2. The van der Waals surface area contributed by atoms with Crippen LogP contribution in [-0.4, -0.2) is 27.5 Å². The summed E-state index contributed by atoms with van der Waals surface area (Å²) in [6, 6.07) is 9.52. The molecule has 2 aromatic carbocycles. The summed E-state index contributed by atoms with van der Waals surface area (Å²) in [7, 11) is -2.28. The third-order valence-corrected chi connectivity index (χ3v) is 5.08. The Hall–Kier alpha value is -2.45. The molecule has 8 heteroatoms. The van der Waals surface area contributed by atoms with Crippen LogP contribution < -0.4 is 14.8 Å². The largest absolute Gasteiger partial charge is 0.495 e.